The summed E-state index contributed by atoms with van der Waals surface area (Å²) in [4.78, 5) is 8.77. The van der Waals surface area contributed by atoms with Crippen molar-refractivity contribution in [3.8, 4) is 0 Å². The van der Waals surface area contributed by atoms with Crippen LogP contribution in [0.2, 0.25) is 0 Å². The van der Waals surface area contributed by atoms with Crippen LogP contribution in [0.4, 0.5) is 10.1 Å². The van der Waals surface area contributed by atoms with Gasteiger partial charge in [-0.05, 0) is 49.4 Å². The number of likely N-dealkylation sites (N-methyl/N-ethyl adjacent to an activating group) is 1. The van der Waals surface area contributed by atoms with Crippen molar-refractivity contribution in [2.75, 3.05) is 64.4 Å². The summed E-state index contributed by atoms with van der Waals surface area (Å²) in [5, 5.41) is 6.54. The minimum atomic E-state index is -0.148. The van der Waals surface area contributed by atoms with E-state index in [1.54, 1.807) is 13.1 Å². The molecule has 0 spiro atoms. The van der Waals surface area contributed by atoms with E-state index in [9.17, 15) is 4.39 Å². The smallest absolute Gasteiger partial charge is 0.191 e. The Morgan fingerprint density at radius 2 is 1.97 bits per heavy atom. The predicted octanol–water partition coefficient (Wildman–Crippen LogP) is 3.07. The zero-order valence-electron chi connectivity index (χ0n) is 18.3. The third-order valence-electron chi connectivity index (χ3n) is 5.66. The van der Waals surface area contributed by atoms with E-state index in [4.69, 9.17) is 4.74 Å². The van der Waals surface area contributed by atoms with E-state index in [1.807, 2.05) is 12.1 Å². The summed E-state index contributed by atoms with van der Waals surface area (Å²) in [5.74, 6) is 1.39. The number of anilines is 1. The van der Waals surface area contributed by atoms with Crippen LogP contribution < -0.4 is 15.5 Å². The lowest BCUT2D eigenvalue weighted by Crippen LogP contribution is -2.46. The molecule has 0 bridgehead atoms. The predicted molar refractivity (Wildman–Crippen MR) is 133 cm³/mol. The Labute approximate surface area is 197 Å². The molecule has 2 N–H and O–H groups in total. The van der Waals surface area contributed by atoms with Gasteiger partial charge < -0.3 is 25.2 Å². The van der Waals surface area contributed by atoms with Gasteiger partial charge in [0, 0.05) is 59.5 Å². The summed E-state index contributed by atoms with van der Waals surface area (Å²) < 4.78 is 20.3. The second-order valence-corrected chi connectivity index (χ2v) is 7.93. The average molecular weight is 533 g/mol. The monoisotopic (exact) mass is 533 g/mol. The molecule has 170 valence electrons. The molecule has 2 aliphatic rings. The average Bonchev–Trinajstić information content (AvgIpc) is 3.57. The molecular weight excluding hydrogens is 496 g/mol. The standard InChI is InChI=1S/C22H36FN5O.HI/c1-3-27-10-12-28(13-11-27)21-8-7-19(15-20(21)23)16-26-22(24-2)25-9-4-14-29-17-18-5-6-18;/h7-8,15,18H,3-6,9-14,16-17H2,1-2H3,(H2,24,25,26);1H. The van der Waals surface area contributed by atoms with Crippen LogP contribution in [0.15, 0.2) is 23.2 Å². The summed E-state index contributed by atoms with van der Waals surface area (Å²) in [6.45, 7) is 10.0. The second kappa shape index (κ2) is 13.3. The number of hydrogen-bond acceptors (Lipinski definition) is 4. The van der Waals surface area contributed by atoms with Gasteiger partial charge in [0.2, 0.25) is 0 Å². The first-order valence-electron chi connectivity index (χ1n) is 11.0. The van der Waals surface area contributed by atoms with Crippen molar-refractivity contribution in [2.45, 2.75) is 32.7 Å². The van der Waals surface area contributed by atoms with Crippen LogP contribution in [0, 0.1) is 11.7 Å². The number of nitrogens with one attached hydrogen (secondary N) is 2. The number of piperazine rings is 1. The zero-order valence-corrected chi connectivity index (χ0v) is 20.7. The van der Waals surface area contributed by atoms with Crippen molar-refractivity contribution in [3.63, 3.8) is 0 Å². The minimum absolute atomic E-state index is 0. The van der Waals surface area contributed by atoms with Crippen LogP contribution in [0.1, 0.15) is 31.7 Å². The molecular formula is C22H37FIN5O. The summed E-state index contributed by atoms with van der Waals surface area (Å²) in [5.41, 5.74) is 1.62. The fraction of sp³-hybridized carbons (Fsp3) is 0.682. The van der Waals surface area contributed by atoms with Crippen LogP contribution in [0.3, 0.4) is 0 Å². The van der Waals surface area contributed by atoms with Gasteiger partial charge in [0.1, 0.15) is 5.82 Å². The van der Waals surface area contributed by atoms with Crippen molar-refractivity contribution in [2.24, 2.45) is 10.9 Å². The van der Waals surface area contributed by atoms with Crippen molar-refractivity contribution in [1.82, 2.24) is 15.5 Å². The Morgan fingerprint density at radius 3 is 2.60 bits per heavy atom. The highest BCUT2D eigenvalue weighted by molar-refractivity contribution is 14.0. The Kier molecular flexibility index (Phi) is 11.2. The fourth-order valence-corrected chi connectivity index (χ4v) is 3.54. The maximum absolute atomic E-state index is 14.7. The van der Waals surface area contributed by atoms with E-state index < -0.39 is 0 Å². The number of guanidine groups is 1. The third-order valence-corrected chi connectivity index (χ3v) is 5.66. The molecule has 8 heteroatoms. The van der Waals surface area contributed by atoms with Crippen LogP contribution in [-0.4, -0.2) is 70.4 Å². The molecule has 1 aliphatic heterocycles. The van der Waals surface area contributed by atoms with Gasteiger partial charge in [-0.1, -0.05) is 13.0 Å². The lowest BCUT2D eigenvalue weighted by atomic mass is 10.1. The zero-order chi connectivity index (χ0) is 20.5. The number of benzene rings is 1. The Bertz CT molecular complexity index is 663. The number of halogens is 2. The molecule has 0 unspecified atom stereocenters. The SMILES string of the molecule is CCN1CCN(c2ccc(CNC(=NC)NCCCOCC3CC3)cc2F)CC1.I. The van der Waals surface area contributed by atoms with Gasteiger partial charge in [-0.15, -0.1) is 24.0 Å². The molecule has 2 fully saturated rings. The fourth-order valence-electron chi connectivity index (χ4n) is 3.54. The molecule has 1 saturated carbocycles. The first-order valence-corrected chi connectivity index (χ1v) is 11.0. The third kappa shape index (κ3) is 8.19. The highest BCUT2D eigenvalue weighted by Gasteiger charge is 2.21. The lowest BCUT2D eigenvalue weighted by molar-refractivity contribution is 0.123. The quantitative estimate of drug-likeness (QED) is 0.210. The largest absolute Gasteiger partial charge is 0.381 e. The molecule has 1 heterocycles. The van der Waals surface area contributed by atoms with E-state index >= 15 is 0 Å². The van der Waals surface area contributed by atoms with E-state index in [1.165, 1.54) is 12.8 Å². The lowest BCUT2D eigenvalue weighted by Gasteiger charge is -2.35. The van der Waals surface area contributed by atoms with Crippen LogP contribution >= 0.6 is 24.0 Å². The molecule has 0 aromatic heterocycles. The molecule has 0 amide bonds. The number of rotatable bonds is 10. The van der Waals surface area contributed by atoms with E-state index in [2.05, 4.69) is 32.3 Å². The van der Waals surface area contributed by atoms with Crippen LogP contribution in [0.5, 0.6) is 0 Å². The van der Waals surface area contributed by atoms with Gasteiger partial charge in [0.25, 0.3) is 0 Å². The number of ether oxygens (including phenoxy) is 1. The van der Waals surface area contributed by atoms with Crippen LogP contribution in [0.25, 0.3) is 0 Å². The van der Waals surface area contributed by atoms with Gasteiger partial charge in [0.05, 0.1) is 5.69 Å². The number of hydrogen-bond donors (Lipinski definition) is 2. The summed E-state index contributed by atoms with van der Waals surface area (Å²) >= 11 is 0. The van der Waals surface area contributed by atoms with Gasteiger partial charge >= 0.3 is 0 Å². The molecule has 1 saturated heterocycles. The second-order valence-electron chi connectivity index (χ2n) is 7.93. The Balaban J connectivity index is 0.00000320. The van der Waals surface area contributed by atoms with Gasteiger partial charge in [-0.3, -0.25) is 4.99 Å². The number of nitrogens with zero attached hydrogens (tertiary/aromatic N) is 3. The van der Waals surface area contributed by atoms with E-state index in [0.29, 0.717) is 12.2 Å². The molecule has 0 atom stereocenters. The first kappa shape index (κ1) is 25.1. The molecule has 3 rings (SSSR count). The summed E-state index contributed by atoms with van der Waals surface area (Å²) in [7, 11) is 1.75. The molecule has 6 nitrogen and oxygen atoms in total. The Hall–Kier alpha value is -1.13. The van der Waals surface area contributed by atoms with Crippen molar-refractivity contribution in [1.29, 1.82) is 0 Å². The van der Waals surface area contributed by atoms with Crippen molar-refractivity contribution >= 4 is 35.6 Å². The van der Waals surface area contributed by atoms with Gasteiger partial charge in [0.15, 0.2) is 5.96 Å². The topological polar surface area (TPSA) is 52.1 Å². The molecule has 0 radical (unpaired) electrons. The normalized spacial score (nSPS) is 17.6. The van der Waals surface area contributed by atoms with Gasteiger partial charge in [-0.25, -0.2) is 4.39 Å². The van der Waals surface area contributed by atoms with Crippen molar-refractivity contribution < 1.29 is 9.13 Å². The minimum Gasteiger partial charge on any atom is -0.381 e. The summed E-state index contributed by atoms with van der Waals surface area (Å²) in [6, 6.07) is 5.53. The Morgan fingerprint density at radius 1 is 1.20 bits per heavy atom. The first-order chi connectivity index (χ1) is 14.2. The molecule has 1 aromatic carbocycles. The van der Waals surface area contributed by atoms with Gasteiger partial charge in [-0.2, -0.15) is 0 Å². The highest BCUT2D eigenvalue weighted by atomic mass is 127. The molecule has 30 heavy (non-hydrogen) atoms. The molecule has 1 aromatic rings. The maximum atomic E-state index is 14.7. The number of aliphatic imine (C=N–C) groups is 1. The summed E-state index contributed by atoms with van der Waals surface area (Å²) in [6.07, 6.45) is 3.60. The van der Waals surface area contributed by atoms with Crippen LogP contribution in [-0.2, 0) is 11.3 Å². The van der Waals surface area contributed by atoms with Crippen molar-refractivity contribution in [3.05, 3.63) is 29.6 Å². The van der Waals surface area contributed by atoms with E-state index in [-0.39, 0.29) is 29.8 Å². The van der Waals surface area contributed by atoms with E-state index in [0.717, 1.165) is 76.3 Å². The maximum Gasteiger partial charge on any atom is 0.191 e. The molecule has 1 aliphatic carbocycles. The highest BCUT2D eigenvalue weighted by Crippen LogP contribution is 2.28.